The summed E-state index contributed by atoms with van der Waals surface area (Å²) in [5.41, 5.74) is 0.617. The summed E-state index contributed by atoms with van der Waals surface area (Å²) < 4.78 is 19.7. The Kier molecular flexibility index (Phi) is 5.60. The van der Waals surface area contributed by atoms with E-state index in [2.05, 4.69) is 33.0 Å². The summed E-state index contributed by atoms with van der Waals surface area (Å²) in [6.45, 7) is 10.8. The summed E-state index contributed by atoms with van der Waals surface area (Å²) in [5, 5.41) is 3.33. The number of nitrogens with one attached hydrogen (secondary N) is 1. The van der Waals surface area contributed by atoms with Crippen LogP contribution in [0.1, 0.15) is 33.3 Å². The van der Waals surface area contributed by atoms with Gasteiger partial charge in [-0.1, -0.05) is 39.8 Å². The summed E-state index contributed by atoms with van der Waals surface area (Å²) in [6, 6.07) is 5.66. The average molecular weight is 253 g/mol. The van der Waals surface area contributed by atoms with Crippen molar-refractivity contribution in [2.24, 2.45) is 5.92 Å². The first kappa shape index (κ1) is 15.0. The van der Waals surface area contributed by atoms with E-state index < -0.39 is 0 Å². The molecule has 1 rings (SSSR count). The zero-order chi connectivity index (χ0) is 13.7. The molecular formula is C15H24FNO. The molecular weight excluding hydrogens is 229 g/mol. The van der Waals surface area contributed by atoms with E-state index in [0.29, 0.717) is 23.3 Å². The first-order valence-electron chi connectivity index (χ1n) is 6.57. The lowest BCUT2D eigenvalue weighted by Gasteiger charge is -2.24. The molecule has 0 saturated heterocycles. The lowest BCUT2D eigenvalue weighted by Crippen LogP contribution is -2.38. The zero-order valence-corrected chi connectivity index (χ0v) is 12.0. The molecule has 1 N–H and O–H groups in total. The fourth-order valence-electron chi connectivity index (χ4n) is 1.64. The Labute approximate surface area is 110 Å². The molecule has 3 heteroatoms. The Bertz CT molecular complexity index is 377. The van der Waals surface area contributed by atoms with Crippen LogP contribution in [-0.2, 0) is 0 Å². The van der Waals surface area contributed by atoms with Gasteiger partial charge in [0.1, 0.15) is 6.10 Å². The molecule has 0 aliphatic heterocycles. The fourth-order valence-corrected chi connectivity index (χ4v) is 1.64. The van der Waals surface area contributed by atoms with Crippen LogP contribution in [0.5, 0.6) is 5.75 Å². The lowest BCUT2D eigenvalue weighted by atomic mass is 10.1. The second kappa shape index (κ2) is 6.74. The predicted molar refractivity (Wildman–Crippen MR) is 73.5 cm³/mol. The largest absolute Gasteiger partial charge is 0.486 e. The molecule has 2 nitrogen and oxygen atoms in total. The van der Waals surface area contributed by atoms with E-state index in [0.717, 1.165) is 6.54 Å². The number of hydrogen-bond donors (Lipinski definition) is 1. The Hall–Kier alpha value is -1.09. The molecule has 1 unspecified atom stereocenters. The summed E-state index contributed by atoms with van der Waals surface area (Å²) in [6.07, 6.45) is -0.0244. The molecule has 0 saturated carbocycles. The van der Waals surface area contributed by atoms with Crippen LogP contribution in [0.25, 0.3) is 0 Å². The first-order valence-corrected chi connectivity index (χ1v) is 6.57. The molecule has 1 aromatic rings. The third kappa shape index (κ3) is 4.30. The van der Waals surface area contributed by atoms with Gasteiger partial charge in [-0.3, -0.25) is 0 Å². The van der Waals surface area contributed by atoms with Crippen LogP contribution in [0.4, 0.5) is 4.39 Å². The van der Waals surface area contributed by atoms with Crippen molar-refractivity contribution < 1.29 is 9.13 Å². The van der Waals surface area contributed by atoms with Gasteiger partial charge in [0.05, 0.1) is 0 Å². The highest BCUT2D eigenvalue weighted by molar-refractivity contribution is 5.30. The van der Waals surface area contributed by atoms with Gasteiger partial charge in [-0.15, -0.1) is 0 Å². The molecule has 0 radical (unpaired) electrons. The third-order valence-electron chi connectivity index (χ3n) is 2.91. The van der Waals surface area contributed by atoms with Gasteiger partial charge in [-0.05, 0) is 24.5 Å². The maximum absolute atomic E-state index is 13.9. The molecule has 0 aromatic heterocycles. The van der Waals surface area contributed by atoms with E-state index in [-0.39, 0.29) is 11.9 Å². The van der Waals surface area contributed by atoms with E-state index in [1.807, 2.05) is 6.07 Å². The molecule has 0 aliphatic carbocycles. The normalized spacial score (nSPS) is 13.1. The molecule has 0 fully saturated rings. The van der Waals surface area contributed by atoms with Gasteiger partial charge in [-0.2, -0.15) is 0 Å². The molecule has 0 aliphatic rings. The van der Waals surface area contributed by atoms with Gasteiger partial charge < -0.3 is 10.1 Å². The van der Waals surface area contributed by atoms with Crippen molar-refractivity contribution in [1.82, 2.24) is 5.32 Å². The quantitative estimate of drug-likeness (QED) is 0.837. The third-order valence-corrected chi connectivity index (χ3v) is 2.91. The van der Waals surface area contributed by atoms with Crippen LogP contribution in [0.3, 0.4) is 0 Å². The second-order valence-corrected chi connectivity index (χ2v) is 5.35. The van der Waals surface area contributed by atoms with Crippen molar-refractivity contribution in [3.63, 3.8) is 0 Å². The van der Waals surface area contributed by atoms with Crippen LogP contribution in [-0.4, -0.2) is 18.7 Å². The molecule has 1 aromatic carbocycles. The summed E-state index contributed by atoms with van der Waals surface area (Å²) in [5.74, 6) is 0.420. The number of hydrogen-bond acceptors (Lipinski definition) is 2. The molecule has 0 bridgehead atoms. The maximum atomic E-state index is 13.9. The minimum absolute atomic E-state index is 0.0244. The van der Waals surface area contributed by atoms with Gasteiger partial charge in [0, 0.05) is 12.6 Å². The Morgan fingerprint density at radius 2 is 1.89 bits per heavy atom. The van der Waals surface area contributed by atoms with Crippen molar-refractivity contribution in [2.45, 2.75) is 46.8 Å². The van der Waals surface area contributed by atoms with Crippen LogP contribution >= 0.6 is 0 Å². The van der Waals surface area contributed by atoms with Crippen molar-refractivity contribution in [3.05, 3.63) is 29.6 Å². The van der Waals surface area contributed by atoms with Gasteiger partial charge in [0.25, 0.3) is 0 Å². The Morgan fingerprint density at radius 3 is 2.44 bits per heavy atom. The van der Waals surface area contributed by atoms with E-state index in [1.54, 1.807) is 19.1 Å². The Morgan fingerprint density at radius 1 is 1.22 bits per heavy atom. The highest BCUT2D eigenvalue weighted by Gasteiger charge is 2.17. The molecule has 0 amide bonds. The first-order chi connectivity index (χ1) is 8.41. The smallest absolute Gasteiger partial charge is 0.167 e. The zero-order valence-electron chi connectivity index (χ0n) is 12.0. The molecule has 1 atom stereocenters. The summed E-state index contributed by atoms with van der Waals surface area (Å²) >= 11 is 0. The van der Waals surface area contributed by atoms with E-state index in [9.17, 15) is 4.39 Å². The highest BCUT2D eigenvalue weighted by Crippen LogP contribution is 2.22. The topological polar surface area (TPSA) is 21.3 Å². The maximum Gasteiger partial charge on any atom is 0.167 e. The molecule has 0 spiro atoms. The summed E-state index contributed by atoms with van der Waals surface area (Å²) in [7, 11) is 0. The standard InChI is InChI=1S/C15H24FNO/c1-10(2)14(9-17-11(3)4)18-13-8-6-7-12(5)15(13)16/h6-8,10-11,14,17H,9H2,1-5H3. The van der Waals surface area contributed by atoms with Crippen molar-refractivity contribution >= 4 is 0 Å². The van der Waals surface area contributed by atoms with Crippen molar-refractivity contribution in [2.75, 3.05) is 6.54 Å². The van der Waals surface area contributed by atoms with E-state index >= 15 is 0 Å². The van der Waals surface area contributed by atoms with E-state index in [1.165, 1.54) is 0 Å². The second-order valence-electron chi connectivity index (χ2n) is 5.35. The van der Waals surface area contributed by atoms with Crippen LogP contribution in [0, 0.1) is 18.7 Å². The Balaban J connectivity index is 2.74. The van der Waals surface area contributed by atoms with Crippen LogP contribution < -0.4 is 10.1 Å². The predicted octanol–water partition coefficient (Wildman–Crippen LogP) is 3.54. The fraction of sp³-hybridized carbons (Fsp3) is 0.600. The number of halogens is 1. The van der Waals surface area contributed by atoms with Gasteiger partial charge in [-0.25, -0.2) is 4.39 Å². The van der Waals surface area contributed by atoms with Crippen LogP contribution in [0.15, 0.2) is 18.2 Å². The lowest BCUT2D eigenvalue weighted by molar-refractivity contribution is 0.140. The van der Waals surface area contributed by atoms with Crippen LogP contribution in [0.2, 0.25) is 0 Å². The molecule has 0 heterocycles. The van der Waals surface area contributed by atoms with Gasteiger partial charge in [0.15, 0.2) is 11.6 Å². The number of benzene rings is 1. The van der Waals surface area contributed by atoms with Gasteiger partial charge in [0.2, 0.25) is 0 Å². The number of ether oxygens (including phenoxy) is 1. The van der Waals surface area contributed by atoms with E-state index in [4.69, 9.17) is 4.74 Å². The SMILES string of the molecule is Cc1cccc(OC(CNC(C)C)C(C)C)c1F. The number of aryl methyl sites for hydroxylation is 1. The van der Waals surface area contributed by atoms with Gasteiger partial charge >= 0.3 is 0 Å². The van der Waals surface area contributed by atoms with Crippen molar-refractivity contribution in [3.8, 4) is 5.75 Å². The highest BCUT2D eigenvalue weighted by atomic mass is 19.1. The monoisotopic (exact) mass is 253 g/mol. The summed E-state index contributed by atoms with van der Waals surface area (Å²) in [4.78, 5) is 0. The minimum Gasteiger partial charge on any atom is -0.486 e. The minimum atomic E-state index is -0.257. The molecule has 102 valence electrons. The number of rotatable bonds is 6. The molecule has 18 heavy (non-hydrogen) atoms. The average Bonchev–Trinajstić information content (AvgIpc) is 2.29. The van der Waals surface area contributed by atoms with Crippen molar-refractivity contribution in [1.29, 1.82) is 0 Å².